The summed E-state index contributed by atoms with van der Waals surface area (Å²) in [4.78, 5) is 18.4. The van der Waals surface area contributed by atoms with E-state index in [1.54, 1.807) is 31.1 Å². The van der Waals surface area contributed by atoms with Crippen LogP contribution in [0.2, 0.25) is 0 Å². The number of thioether (sulfide) groups is 1. The van der Waals surface area contributed by atoms with Gasteiger partial charge < -0.3 is 14.8 Å². The number of hydrogen-bond donors (Lipinski definition) is 1. The van der Waals surface area contributed by atoms with E-state index in [-0.39, 0.29) is 5.91 Å². The lowest BCUT2D eigenvalue weighted by Gasteiger charge is -2.29. The Bertz CT molecular complexity index is 1330. The highest BCUT2D eigenvalue weighted by atomic mass is 32.2. The van der Waals surface area contributed by atoms with Gasteiger partial charge in [-0.3, -0.25) is 9.78 Å². The Balaban J connectivity index is 1.53. The van der Waals surface area contributed by atoms with Gasteiger partial charge in [0, 0.05) is 29.7 Å². The minimum absolute atomic E-state index is 0.133. The van der Waals surface area contributed by atoms with Crippen molar-refractivity contribution >= 4 is 23.2 Å². The predicted molar refractivity (Wildman–Crippen MR) is 152 cm³/mol. The molecule has 4 rings (SSSR count). The van der Waals surface area contributed by atoms with Gasteiger partial charge in [0.1, 0.15) is 0 Å². The number of aryl methyl sites for hydroxylation is 1. The molecule has 3 aromatic rings. The van der Waals surface area contributed by atoms with Crippen molar-refractivity contribution in [3.8, 4) is 11.1 Å². The SMILES string of the molecule is C=C/C=C(\C=C)c1cc(-c2ccnc(CNC(=O)c3ccc(C)c(SCOC)c3)c2)ccc1C1COC1. The average molecular weight is 513 g/mol. The molecule has 37 heavy (non-hydrogen) atoms. The third-order valence-electron chi connectivity index (χ3n) is 6.32. The van der Waals surface area contributed by atoms with Crippen LogP contribution >= 0.6 is 11.8 Å². The van der Waals surface area contributed by atoms with Crippen molar-refractivity contribution in [2.24, 2.45) is 0 Å². The number of benzene rings is 2. The Labute approximate surface area is 223 Å². The summed E-state index contributed by atoms with van der Waals surface area (Å²) >= 11 is 1.57. The fourth-order valence-electron chi connectivity index (χ4n) is 4.20. The lowest BCUT2D eigenvalue weighted by Crippen LogP contribution is -2.26. The van der Waals surface area contributed by atoms with Crippen LogP contribution in [0, 0.1) is 6.92 Å². The summed E-state index contributed by atoms with van der Waals surface area (Å²) in [7, 11) is 1.66. The highest BCUT2D eigenvalue weighted by Gasteiger charge is 2.24. The topological polar surface area (TPSA) is 60.5 Å². The number of aromatic nitrogens is 1. The quantitative estimate of drug-likeness (QED) is 0.179. The second-order valence-electron chi connectivity index (χ2n) is 8.85. The number of methoxy groups -OCH3 is 1. The van der Waals surface area contributed by atoms with Crippen molar-refractivity contribution in [1.29, 1.82) is 0 Å². The van der Waals surface area contributed by atoms with Crippen LogP contribution in [0.25, 0.3) is 16.7 Å². The molecule has 1 aromatic heterocycles. The summed E-state index contributed by atoms with van der Waals surface area (Å²) in [5, 5.41) is 3.00. The molecule has 0 radical (unpaired) electrons. The van der Waals surface area contributed by atoms with E-state index in [2.05, 4.69) is 41.7 Å². The summed E-state index contributed by atoms with van der Waals surface area (Å²) in [6.45, 7) is 11.7. The van der Waals surface area contributed by atoms with Crippen molar-refractivity contribution in [3.05, 3.63) is 114 Å². The van der Waals surface area contributed by atoms with Gasteiger partial charge in [-0.25, -0.2) is 0 Å². The molecule has 0 atom stereocenters. The fourth-order valence-corrected chi connectivity index (χ4v) is 4.95. The van der Waals surface area contributed by atoms with E-state index in [9.17, 15) is 4.79 Å². The van der Waals surface area contributed by atoms with E-state index in [1.807, 2.05) is 49.4 Å². The molecule has 0 unspecified atom stereocenters. The first-order chi connectivity index (χ1) is 18.0. The monoisotopic (exact) mass is 512 g/mol. The number of carbonyl (C=O) groups excluding carboxylic acids is 1. The van der Waals surface area contributed by atoms with E-state index >= 15 is 0 Å². The average Bonchev–Trinajstić information content (AvgIpc) is 2.89. The Kier molecular flexibility index (Phi) is 9.12. The first kappa shape index (κ1) is 26.6. The first-order valence-electron chi connectivity index (χ1n) is 12.2. The van der Waals surface area contributed by atoms with E-state index in [0.717, 1.165) is 51.6 Å². The van der Waals surface area contributed by atoms with Crippen LogP contribution in [0.3, 0.4) is 0 Å². The van der Waals surface area contributed by atoms with Gasteiger partial charge in [-0.2, -0.15) is 0 Å². The predicted octanol–water partition coefficient (Wildman–Crippen LogP) is 6.55. The number of pyridine rings is 1. The van der Waals surface area contributed by atoms with Crippen LogP contribution in [0.15, 0.2) is 91.0 Å². The summed E-state index contributed by atoms with van der Waals surface area (Å²) in [5.41, 5.74) is 8.05. The number of allylic oxidation sites excluding steroid dienone is 4. The molecular formula is C31H32N2O3S. The number of rotatable bonds is 11. The smallest absolute Gasteiger partial charge is 0.251 e. The first-order valence-corrected chi connectivity index (χ1v) is 13.2. The molecule has 1 amide bonds. The van der Waals surface area contributed by atoms with Gasteiger partial charge in [-0.15, -0.1) is 0 Å². The molecular weight excluding hydrogens is 480 g/mol. The number of amides is 1. The maximum Gasteiger partial charge on any atom is 0.251 e. The molecule has 1 aliphatic heterocycles. The molecule has 0 saturated carbocycles. The highest BCUT2D eigenvalue weighted by molar-refractivity contribution is 7.99. The van der Waals surface area contributed by atoms with Gasteiger partial charge in [0.05, 0.1) is 31.4 Å². The van der Waals surface area contributed by atoms with Crippen molar-refractivity contribution in [3.63, 3.8) is 0 Å². The maximum atomic E-state index is 12.8. The lowest BCUT2D eigenvalue weighted by atomic mass is 9.86. The van der Waals surface area contributed by atoms with Crippen LogP contribution in [-0.2, 0) is 16.0 Å². The second-order valence-corrected chi connectivity index (χ2v) is 9.81. The van der Waals surface area contributed by atoms with E-state index < -0.39 is 0 Å². The van der Waals surface area contributed by atoms with Crippen LogP contribution in [-0.4, -0.2) is 37.2 Å². The van der Waals surface area contributed by atoms with Crippen LogP contribution in [0.4, 0.5) is 0 Å². The molecule has 1 saturated heterocycles. The van der Waals surface area contributed by atoms with Crippen molar-refractivity contribution in [2.45, 2.75) is 24.3 Å². The van der Waals surface area contributed by atoms with Crippen LogP contribution in [0.1, 0.15) is 38.7 Å². The van der Waals surface area contributed by atoms with Gasteiger partial charge in [0.25, 0.3) is 5.91 Å². The standard InChI is InChI=1S/C31H32N2O3S/c1-5-7-22(6-2)29-15-23(10-11-28(29)26-18-36-19-26)24-12-13-32-27(14-24)17-33-31(34)25-9-8-21(3)30(16-25)37-20-35-4/h5-16,26H,1-2,17-20H2,3-4H3,(H,33,34)/b22-7+. The molecule has 0 aliphatic carbocycles. The molecule has 1 N–H and O–H groups in total. The van der Waals surface area contributed by atoms with Gasteiger partial charge in [-0.05, 0) is 70.6 Å². The van der Waals surface area contributed by atoms with Crippen molar-refractivity contribution in [2.75, 3.05) is 26.3 Å². The fraction of sp³-hybridized carbons (Fsp3) is 0.226. The highest BCUT2D eigenvalue weighted by Crippen LogP contribution is 2.35. The molecule has 1 fully saturated rings. The summed E-state index contributed by atoms with van der Waals surface area (Å²) < 4.78 is 10.6. The molecule has 6 heteroatoms. The van der Waals surface area contributed by atoms with Crippen LogP contribution in [0.5, 0.6) is 0 Å². The molecule has 2 aromatic carbocycles. The lowest BCUT2D eigenvalue weighted by molar-refractivity contribution is 0.00833. The third kappa shape index (κ3) is 6.46. The minimum atomic E-state index is -0.133. The van der Waals surface area contributed by atoms with E-state index in [4.69, 9.17) is 9.47 Å². The van der Waals surface area contributed by atoms with E-state index in [0.29, 0.717) is 24.0 Å². The van der Waals surface area contributed by atoms with E-state index in [1.165, 1.54) is 5.56 Å². The van der Waals surface area contributed by atoms with Crippen molar-refractivity contribution in [1.82, 2.24) is 10.3 Å². The minimum Gasteiger partial charge on any atom is -0.380 e. The summed E-state index contributed by atoms with van der Waals surface area (Å²) in [6, 6.07) is 16.2. The van der Waals surface area contributed by atoms with Gasteiger partial charge in [-0.1, -0.05) is 61.3 Å². The van der Waals surface area contributed by atoms with Crippen LogP contribution < -0.4 is 5.32 Å². The molecule has 0 bridgehead atoms. The molecule has 190 valence electrons. The number of nitrogens with one attached hydrogen (secondary N) is 1. The van der Waals surface area contributed by atoms with Gasteiger partial charge in [0.15, 0.2) is 0 Å². The molecule has 1 aliphatic rings. The molecule has 0 spiro atoms. The third-order valence-corrected chi connectivity index (χ3v) is 7.43. The Morgan fingerprint density at radius 2 is 1.97 bits per heavy atom. The number of ether oxygens (including phenoxy) is 2. The zero-order valence-electron chi connectivity index (χ0n) is 21.3. The largest absolute Gasteiger partial charge is 0.380 e. The number of hydrogen-bond acceptors (Lipinski definition) is 5. The Hall–Kier alpha value is -3.45. The van der Waals surface area contributed by atoms with Gasteiger partial charge in [0.2, 0.25) is 0 Å². The number of nitrogens with zero attached hydrogens (tertiary/aromatic N) is 1. The van der Waals surface area contributed by atoms with Crippen molar-refractivity contribution < 1.29 is 14.3 Å². The maximum absolute atomic E-state index is 12.8. The van der Waals surface area contributed by atoms with Gasteiger partial charge >= 0.3 is 0 Å². The summed E-state index contributed by atoms with van der Waals surface area (Å²) in [6.07, 6.45) is 7.41. The summed E-state index contributed by atoms with van der Waals surface area (Å²) in [5.74, 6) is 0.791. The molecule has 2 heterocycles. The molecule has 5 nitrogen and oxygen atoms in total. The zero-order valence-corrected chi connectivity index (χ0v) is 22.1. The second kappa shape index (κ2) is 12.7. The normalized spacial score (nSPS) is 13.6. The Morgan fingerprint density at radius 3 is 2.68 bits per heavy atom. The zero-order chi connectivity index (χ0) is 26.2. The number of carbonyl (C=O) groups is 1. The Morgan fingerprint density at radius 1 is 1.16 bits per heavy atom.